The van der Waals surface area contributed by atoms with Gasteiger partial charge in [0, 0.05) is 18.5 Å². The highest BCUT2D eigenvalue weighted by atomic mass is 19.4. The average molecular weight is 597 g/mol. The Bertz CT molecular complexity index is 1040. The van der Waals surface area contributed by atoms with Crippen LogP contribution in [0.1, 0.15) is 113 Å². The summed E-state index contributed by atoms with van der Waals surface area (Å²) in [4.78, 5) is 13.3. The summed E-state index contributed by atoms with van der Waals surface area (Å²) in [6.45, 7) is 14.2. The summed E-state index contributed by atoms with van der Waals surface area (Å²) in [5.41, 5.74) is 4.02. The fraction of sp³-hybridized carbons (Fsp3) is 0.576. The van der Waals surface area contributed by atoms with E-state index in [1.165, 1.54) is 11.6 Å². The highest BCUT2D eigenvalue weighted by Gasteiger charge is 2.35. The molecule has 9 heteroatoms. The van der Waals surface area contributed by atoms with E-state index >= 15 is 0 Å². The van der Waals surface area contributed by atoms with E-state index in [0.717, 1.165) is 75.1 Å². The number of rotatable bonds is 6. The number of oxime groups is 1. The SMILES string of the molecule is CC.CC.CCCNCc1ccc2c(c1)/C(=N/OC)CCO2.Cc1ccc(C2CCCCC2)c(C(F)(F)F)c1.O=CO. The lowest BCUT2D eigenvalue weighted by atomic mass is 9.81. The Balaban J connectivity index is 0.000000661. The van der Waals surface area contributed by atoms with E-state index in [9.17, 15) is 13.2 Å². The predicted molar refractivity (Wildman–Crippen MR) is 165 cm³/mol. The van der Waals surface area contributed by atoms with Crippen LogP contribution in [0.2, 0.25) is 0 Å². The van der Waals surface area contributed by atoms with Gasteiger partial charge in [-0.2, -0.15) is 13.2 Å². The molecule has 0 atom stereocenters. The van der Waals surface area contributed by atoms with Crippen LogP contribution < -0.4 is 10.1 Å². The second kappa shape index (κ2) is 22.5. The topological polar surface area (TPSA) is 80.2 Å². The smallest absolute Gasteiger partial charge is 0.416 e. The molecule has 2 aliphatic rings. The molecule has 2 N–H and O–H groups in total. The number of carbonyl (C=O) groups is 1. The van der Waals surface area contributed by atoms with Crippen molar-refractivity contribution in [3.63, 3.8) is 0 Å². The number of fused-ring (bicyclic) bond motifs is 1. The molecule has 1 saturated carbocycles. The van der Waals surface area contributed by atoms with Crippen LogP contribution in [-0.2, 0) is 22.4 Å². The van der Waals surface area contributed by atoms with Crippen LogP contribution in [0, 0.1) is 6.92 Å². The lowest BCUT2D eigenvalue weighted by molar-refractivity contribution is -0.138. The van der Waals surface area contributed by atoms with Gasteiger partial charge in [0.1, 0.15) is 12.9 Å². The van der Waals surface area contributed by atoms with E-state index in [1.807, 2.05) is 33.8 Å². The Morgan fingerprint density at radius 2 is 1.71 bits per heavy atom. The minimum absolute atomic E-state index is 0.0981. The van der Waals surface area contributed by atoms with E-state index in [4.69, 9.17) is 19.5 Å². The summed E-state index contributed by atoms with van der Waals surface area (Å²) in [5.74, 6) is 0.997. The third-order valence-corrected chi connectivity index (χ3v) is 6.47. The van der Waals surface area contributed by atoms with Crippen molar-refractivity contribution < 1.29 is 32.6 Å². The average Bonchev–Trinajstić information content (AvgIpc) is 3.00. The fourth-order valence-electron chi connectivity index (χ4n) is 4.73. The molecular weight excluding hydrogens is 545 g/mol. The molecule has 0 radical (unpaired) electrons. The molecule has 2 aromatic carbocycles. The summed E-state index contributed by atoms with van der Waals surface area (Å²) >= 11 is 0. The molecule has 0 spiro atoms. The maximum Gasteiger partial charge on any atom is 0.416 e. The molecule has 0 saturated heterocycles. The van der Waals surface area contributed by atoms with E-state index in [-0.39, 0.29) is 12.4 Å². The molecule has 42 heavy (non-hydrogen) atoms. The lowest BCUT2D eigenvalue weighted by Crippen LogP contribution is -2.18. The van der Waals surface area contributed by atoms with E-state index < -0.39 is 11.7 Å². The van der Waals surface area contributed by atoms with E-state index in [2.05, 4.69) is 29.5 Å². The van der Waals surface area contributed by atoms with Gasteiger partial charge in [-0.05, 0) is 68.0 Å². The van der Waals surface area contributed by atoms with Crippen LogP contribution in [0.25, 0.3) is 0 Å². The van der Waals surface area contributed by atoms with Crippen molar-refractivity contribution in [3.8, 4) is 5.75 Å². The molecule has 6 nitrogen and oxygen atoms in total. The van der Waals surface area contributed by atoms with Gasteiger partial charge in [-0.15, -0.1) is 0 Å². The zero-order valence-corrected chi connectivity index (χ0v) is 26.4. The summed E-state index contributed by atoms with van der Waals surface area (Å²) in [6.07, 6.45) is 2.77. The van der Waals surface area contributed by atoms with E-state index in [1.54, 1.807) is 26.2 Å². The zero-order chi connectivity index (χ0) is 32.0. The van der Waals surface area contributed by atoms with Gasteiger partial charge in [-0.25, -0.2) is 0 Å². The minimum Gasteiger partial charge on any atom is -0.492 e. The van der Waals surface area contributed by atoms with Crippen LogP contribution in [0.15, 0.2) is 41.6 Å². The standard InChI is InChI=1S/C14H17F3.C14H20N2O2.2C2H6.CH2O2/c1-10-7-8-12(11-5-3-2-4-6-11)13(9-10)14(15,16)17;1-3-7-15-10-11-4-5-14-12(9-11)13(16-17-2)6-8-18-14;2*1-2;2-1-3/h7-9,11H,2-6H2,1H3;4-5,9,15H,3,6-8,10H2,1-2H3;2*1-2H3;1H,(H,2,3)/b;16-13+;;;. The second-order valence-electron chi connectivity index (χ2n) is 9.36. The van der Waals surface area contributed by atoms with Crippen LogP contribution >= 0.6 is 0 Å². The Labute approximate surface area is 250 Å². The van der Waals surface area contributed by atoms with Crippen LogP contribution in [0.3, 0.4) is 0 Å². The molecular formula is C33H51F3N2O4. The number of aryl methyl sites for hydroxylation is 1. The van der Waals surface area contributed by atoms with Crippen molar-refractivity contribution in [3.05, 3.63) is 64.2 Å². The summed E-state index contributed by atoms with van der Waals surface area (Å²) in [5, 5.41) is 14.4. The van der Waals surface area contributed by atoms with Crippen molar-refractivity contribution in [2.24, 2.45) is 5.16 Å². The quantitative estimate of drug-likeness (QED) is 0.197. The Morgan fingerprint density at radius 1 is 1.07 bits per heavy atom. The normalized spacial score (nSPS) is 15.0. The fourth-order valence-corrected chi connectivity index (χ4v) is 4.73. The van der Waals surface area contributed by atoms with Gasteiger partial charge >= 0.3 is 6.18 Å². The van der Waals surface area contributed by atoms with Gasteiger partial charge in [0.25, 0.3) is 6.47 Å². The number of hydrogen-bond donors (Lipinski definition) is 2. The molecule has 0 unspecified atom stereocenters. The maximum absolute atomic E-state index is 13.0. The molecule has 0 bridgehead atoms. The first kappa shape index (κ1) is 38.9. The molecule has 1 aliphatic carbocycles. The molecule has 238 valence electrons. The molecule has 2 aromatic rings. The van der Waals surface area contributed by atoms with Crippen LogP contribution in [-0.4, -0.2) is 37.6 Å². The number of nitrogens with one attached hydrogen (secondary N) is 1. The minimum atomic E-state index is -4.22. The van der Waals surface area contributed by atoms with Crippen molar-refractivity contribution in [1.82, 2.24) is 5.32 Å². The molecule has 1 heterocycles. The first-order chi connectivity index (χ1) is 20.2. The monoisotopic (exact) mass is 596 g/mol. The molecule has 1 aliphatic heterocycles. The number of alkyl halides is 3. The summed E-state index contributed by atoms with van der Waals surface area (Å²) in [6, 6.07) is 11.0. The Kier molecular flexibility index (Phi) is 20.9. The number of carboxylic acid groups (broad SMARTS) is 1. The number of nitrogens with zero attached hydrogens (tertiary/aromatic N) is 1. The summed E-state index contributed by atoms with van der Waals surface area (Å²) < 4.78 is 44.6. The van der Waals surface area contributed by atoms with Crippen molar-refractivity contribution in [1.29, 1.82) is 0 Å². The third-order valence-electron chi connectivity index (χ3n) is 6.47. The molecule has 1 fully saturated rings. The highest BCUT2D eigenvalue weighted by Crippen LogP contribution is 2.40. The van der Waals surface area contributed by atoms with Crippen molar-refractivity contribution in [2.75, 3.05) is 20.3 Å². The Morgan fingerprint density at radius 3 is 2.29 bits per heavy atom. The van der Waals surface area contributed by atoms with Gasteiger partial charge in [0.15, 0.2) is 0 Å². The number of hydrogen-bond acceptors (Lipinski definition) is 5. The van der Waals surface area contributed by atoms with Gasteiger partial charge < -0.3 is 20.0 Å². The second-order valence-corrected chi connectivity index (χ2v) is 9.36. The largest absolute Gasteiger partial charge is 0.492 e. The summed E-state index contributed by atoms with van der Waals surface area (Å²) in [7, 11) is 1.58. The maximum atomic E-state index is 13.0. The van der Waals surface area contributed by atoms with Gasteiger partial charge in [-0.3, -0.25) is 4.79 Å². The van der Waals surface area contributed by atoms with E-state index in [0.29, 0.717) is 17.7 Å². The molecule has 4 rings (SSSR count). The predicted octanol–water partition coefficient (Wildman–Crippen LogP) is 9.13. The van der Waals surface area contributed by atoms with Crippen LogP contribution in [0.4, 0.5) is 13.2 Å². The van der Waals surface area contributed by atoms with Crippen LogP contribution in [0.5, 0.6) is 5.75 Å². The van der Waals surface area contributed by atoms with Crippen molar-refractivity contribution in [2.45, 2.75) is 105 Å². The zero-order valence-electron chi connectivity index (χ0n) is 26.4. The third kappa shape index (κ3) is 13.7. The van der Waals surface area contributed by atoms with Gasteiger partial charge in [0.05, 0.1) is 17.9 Å². The molecule has 0 aromatic heterocycles. The highest BCUT2D eigenvalue weighted by molar-refractivity contribution is 6.03. The molecule has 0 amide bonds. The number of halogens is 3. The van der Waals surface area contributed by atoms with Crippen molar-refractivity contribution >= 4 is 12.2 Å². The van der Waals surface area contributed by atoms with Gasteiger partial charge in [-0.1, -0.05) is 82.8 Å². The first-order valence-electron chi connectivity index (χ1n) is 15.1. The number of ether oxygens (including phenoxy) is 1. The first-order valence-corrected chi connectivity index (χ1v) is 15.1. The Hall–Kier alpha value is -3.07. The number of benzene rings is 2. The van der Waals surface area contributed by atoms with Gasteiger partial charge in [0.2, 0.25) is 0 Å². The lowest BCUT2D eigenvalue weighted by Gasteiger charge is -2.25.